The summed E-state index contributed by atoms with van der Waals surface area (Å²) in [6.07, 6.45) is 2.07. The summed E-state index contributed by atoms with van der Waals surface area (Å²) >= 11 is 5.85. The molecule has 104 valence electrons. The molecule has 1 aromatic rings. The highest BCUT2D eigenvalue weighted by Gasteiger charge is 2.19. The van der Waals surface area contributed by atoms with Crippen molar-refractivity contribution >= 4 is 23.4 Å². The number of hydrogen-bond donors (Lipinski definition) is 1. The summed E-state index contributed by atoms with van der Waals surface area (Å²) in [4.78, 5) is 25.3. The second-order valence-electron chi connectivity index (χ2n) is 4.59. The SMILES string of the molecule is CC(Cl)c1ccc(C(=O)NCC(=O)N2CCCC2)o1. The number of furan rings is 1. The van der Waals surface area contributed by atoms with Crippen LogP contribution in [0.4, 0.5) is 0 Å². The van der Waals surface area contributed by atoms with Crippen molar-refractivity contribution in [2.24, 2.45) is 0 Å². The molecule has 2 rings (SSSR count). The summed E-state index contributed by atoms with van der Waals surface area (Å²) in [6, 6.07) is 3.22. The third-order valence-corrected chi connectivity index (χ3v) is 3.32. The molecule has 2 heterocycles. The minimum absolute atomic E-state index is 0.00525. The molecule has 1 fully saturated rings. The molecule has 5 nitrogen and oxygen atoms in total. The van der Waals surface area contributed by atoms with Gasteiger partial charge in [-0.3, -0.25) is 9.59 Å². The second-order valence-corrected chi connectivity index (χ2v) is 5.24. The van der Waals surface area contributed by atoms with E-state index in [0.29, 0.717) is 5.76 Å². The van der Waals surface area contributed by atoms with Gasteiger partial charge in [0.15, 0.2) is 5.76 Å². The first kappa shape index (κ1) is 13.9. The van der Waals surface area contributed by atoms with Crippen LogP contribution in [0.3, 0.4) is 0 Å². The van der Waals surface area contributed by atoms with Gasteiger partial charge in [0, 0.05) is 13.1 Å². The quantitative estimate of drug-likeness (QED) is 0.860. The van der Waals surface area contributed by atoms with Crippen LogP contribution in [0.15, 0.2) is 16.5 Å². The Bertz CT molecular complexity index is 464. The van der Waals surface area contributed by atoms with Crippen LogP contribution in [0, 0.1) is 0 Å². The largest absolute Gasteiger partial charge is 0.454 e. The van der Waals surface area contributed by atoms with Gasteiger partial charge in [-0.05, 0) is 31.9 Å². The van der Waals surface area contributed by atoms with Gasteiger partial charge in [-0.1, -0.05) is 0 Å². The van der Waals surface area contributed by atoms with Gasteiger partial charge in [-0.25, -0.2) is 0 Å². The number of carbonyl (C=O) groups excluding carboxylic acids is 2. The van der Waals surface area contributed by atoms with Gasteiger partial charge in [0.25, 0.3) is 5.91 Å². The number of hydrogen-bond acceptors (Lipinski definition) is 3. The molecule has 19 heavy (non-hydrogen) atoms. The Morgan fingerprint density at radius 3 is 2.68 bits per heavy atom. The van der Waals surface area contributed by atoms with Crippen molar-refractivity contribution in [3.63, 3.8) is 0 Å². The third kappa shape index (κ3) is 3.50. The van der Waals surface area contributed by atoms with E-state index in [-0.39, 0.29) is 23.6 Å². The highest BCUT2D eigenvalue weighted by Crippen LogP contribution is 2.21. The van der Waals surface area contributed by atoms with E-state index in [9.17, 15) is 9.59 Å². The summed E-state index contributed by atoms with van der Waals surface area (Å²) in [5.74, 6) is 0.272. The fourth-order valence-corrected chi connectivity index (χ4v) is 2.13. The lowest BCUT2D eigenvalue weighted by Gasteiger charge is -2.14. The number of amides is 2. The summed E-state index contributed by atoms with van der Waals surface area (Å²) in [5.41, 5.74) is 0. The second kappa shape index (κ2) is 6.10. The highest BCUT2D eigenvalue weighted by atomic mass is 35.5. The molecule has 0 radical (unpaired) electrons. The van der Waals surface area contributed by atoms with Crippen LogP contribution in [0.5, 0.6) is 0 Å². The smallest absolute Gasteiger partial charge is 0.287 e. The normalized spacial score (nSPS) is 16.4. The zero-order valence-corrected chi connectivity index (χ0v) is 11.6. The molecule has 1 aliphatic heterocycles. The third-order valence-electron chi connectivity index (χ3n) is 3.10. The van der Waals surface area contributed by atoms with Crippen LogP contribution in [0.25, 0.3) is 0 Å². The molecule has 1 aliphatic rings. The van der Waals surface area contributed by atoms with E-state index in [1.165, 1.54) is 0 Å². The Hall–Kier alpha value is -1.49. The van der Waals surface area contributed by atoms with Gasteiger partial charge in [0.05, 0.1) is 11.9 Å². The summed E-state index contributed by atoms with van der Waals surface area (Å²) < 4.78 is 5.30. The number of halogens is 1. The maximum absolute atomic E-state index is 11.8. The van der Waals surface area contributed by atoms with Crippen LogP contribution in [0.1, 0.15) is 41.5 Å². The van der Waals surface area contributed by atoms with Crippen LogP contribution >= 0.6 is 11.6 Å². The molecule has 0 saturated carbocycles. The van der Waals surface area contributed by atoms with E-state index >= 15 is 0 Å². The monoisotopic (exact) mass is 284 g/mol. The van der Waals surface area contributed by atoms with E-state index in [4.69, 9.17) is 16.0 Å². The highest BCUT2D eigenvalue weighted by molar-refractivity contribution is 6.20. The van der Waals surface area contributed by atoms with Crippen LogP contribution < -0.4 is 5.32 Å². The maximum atomic E-state index is 11.8. The van der Waals surface area contributed by atoms with Crippen LogP contribution in [0.2, 0.25) is 0 Å². The number of likely N-dealkylation sites (tertiary alicyclic amines) is 1. The van der Waals surface area contributed by atoms with Crippen molar-refractivity contribution in [3.8, 4) is 0 Å². The molecule has 1 N–H and O–H groups in total. The molecule has 1 unspecified atom stereocenters. The van der Waals surface area contributed by atoms with Crippen LogP contribution in [-0.2, 0) is 4.79 Å². The lowest BCUT2D eigenvalue weighted by atomic mass is 10.3. The van der Waals surface area contributed by atoms with Gasteiger partial charge in [-0.2, -0.15) is 0 Å². The molecule has 6 heteroatoms. The first-order chi connectivity index (χ1) is 9.08. The molecule has 1 atom stereocenters. The molecular formula is C13H17ClN2O3. The Kier molecular flexibility index (Phi) is 4.47. The fraction of sp³-hybridized carbons (Fsp3) is 0.538. The molecular weight excluding hydrogens is 268 g/mol. The number of carbonyl (C=O) groups is 2. The van der Waals surface area contributed by atoms with Gasteiger partial charge < -0.3 is 14.6 Å². The van der Waals surface area contributed by atoms with E-state index < -0.39 is 5.91 Å². The Balaban J connectivity index is 1.84. The predicted molar refractivity (Wildman–Crippen MR) is 71.1 cm³/mol. The summed E-state index contributed by atoms with van der Waals surface area (Å²) in [7, 11) is 0. The van der Waals surface area contributed by atoms with E-state index in [1.807, 2.05) is 0 Å². The molecule has 2 amide bonds. The van der Waals surface area contributed by atoms with Gasteiger partial charge in [-0.15, -0.1) is 11.6 Å². The topological polar surface area (TPSA) is 62.6 Å². The Morgan fingerprint density at radius 2 is 2.11 bits per heavy atom. The minimum atomic E-state index is -0.392. The molecule has 1 saturated heterocycles. The number of rotatable bonds is 4. The molecule has 1 aromatic heterocycles. The Labute approximate surface area is 116 Å². The van der Waals surface area contributed by atoms with E-state index in [0.717, 1.165) is 25.9 Å². The van der Waals surface area contributed by atoms with Crippen molar-refractivity contribution in [3.05, 3.63) is 23.7 Å². The lowest BCUT2D eigenvalue weighted by molar-refractivity contribution is -0.129. The van der Waals surface area contributed by atoms with Gasteiger partial charge >= 0.3 is 0 Å². The fourth-order valence-electron chi connectivity index (χ4n) is 2.01. The molecule has 0 spiro atoms. The first-order valence-corrected chi connectivity index (χ1v) is 6.81. The van der Waals surface area contributed by atoms with Crippen molar-refractivity contribution in [2.75, 3.05) is 19.6 Å². The first-order valence-electron chi connectivity index (χ1n) is 6.37. The molecule has 0 aliphatic carbocycles. The zero-order chi connectivity index (χ0) is 13.8. The summed E-state index contributed by atoms with van der Waals surface area (Å²) in [5, 5.41) is 2.28. The van der Waals surface area contributed by atoms with E-state index in [2.05, 4.69) is 5.32 Å². The number of alkyl halides is 1. The van der Waals surface area contributed by atoms with Crippen molar-refractivity contribution in [1.82, 2.24) is 10.2 Å². The summed E-state index contributed by atoms with van der Waals surface area (Å²) in [6.45, 7) is 3.33. The van der Waals surface area contributed by atoms with Gasteiger partial charge in [0.2, 0.25) is 5.91 Å². The lowest BCUT2D eigenvalue weighted by Crippen LogP contribution is -2.38. The molecule has 0 aromatic carbocycles. The average Bonchev–Trinajstić information content (AvgIpc) is 3.05. The Morgan fingerprint density at radius 1 is 1.42 bits per heavy atom. The van der Waals surface area contributed by atoms with Crippen molar-refractivity contribution in [2.45, 2.75) is 25.1 Å². The van der Waals surface area contributed by atoms with Crippen molar-refractivity contribution < 1.29 is 14.0 Å². The van der Waals surface area contributed by atoms with Crippen molar-refractivity contribution in [1.29, 1.82) is 0 Å². The number of nitrogens with one attached hydrogen (secondary N) is 1. The van der Waals surface area contributed by atoms with E-state index in [1.54, 1.807) is 24.0 Å². The molecule has 0 bridgehead atoms. The van der Waals surface area contributed by atoms with Crippen LogP contribution in [-0.4, -0.2) is 36.3 Å². The standard InChI is InChI=1S/C13H17ClN2O3/c1-9(14)10-4-5-11(19-10)13(18)15-8-12(17)16-6-2-3-7-16/h4-5,9H,2-3,6-8H2,1H3,(H,15,18). The predicted octanol–water partition coefficient (Wildman–Crippen LogP) is 1.93. The zero-order valence-electron chi connectivity index (χ0n) is 10.8. The van der Waals surface area contributed by atoms with Gasteiger partial charge in [0.1, 0.15) is 5.76 Å². The number of nitrogens with zero attached hydrogens (tertiary/aromatic N) is 1. The minimum Gasteiger partial charge on any atom is -0.454 e. The maximum Gasteiger partial charge on any atom is 0.287 e. The average molecular weight is 285 g/mol.